The van der Waals surface area contributed by atoms with Gasteiger partial charge in [0.05, 0.1) is 22.0 Å². The fraction of sp³-hybridized carbons (Fsp3) is 0.300. The standard InChI is InChI=1S/C20H19ClN4O3S/c21-14-5-3-7-16(11-14)29(26,27)25-13-24(12-15-6-4-10-28-15)19-20(25)23-18-9-2-1-8-17(18)22-19/h1-3,5,7-9,11,15H,4,6,10,12-13H2/t15-/m0/s1. The molecular weight excluding hydrogens is 412 g/mol. The van der Waals surface area contributed by atoms with E-state index in [2.05, 4.69) is 4.98 Å². The maximum absolute atomic E-state index is 13.4. The molecule has 1 saturated heterocycles. The summed E-state index contributed by atoms with van der Waals surface area (Å²) in [4.78, 5) is 11.4. The van der Waals surface area contributed by atoms with E-state index in [-0.39, 0.29) is 17.7 Å². The molecule has 2 aliphatic rings. The van der Waals surface area contributed by atoms with Gasteiger partial charge in [0.25, 0.3) is 10.0 Å². The number of halogens is 1. The molecule has 0 radical (unpaired) electrons. The van der Waals surface area contributed by atoms with Crippen LogP contribution in [-0.4, -0.2) is 44.3 Å². The molecule has 3 heterocycles. The number of nitrogens with zero attached hydrogens (tertiary/aromatic N) is 4. The number of sulfonamides is 1. The van der Waals surface area contributed by atoms with E-state index >= 15 is 0 Å². The highest BCUT2D eigenvalue weighted by atomic mass is 35.5. The summed E-state index contributed by atoms with van der Waals surface area (Å²) >= 11 is 6.04. The lowest BCUT2D eigenvalue weighted by molar-refractivity contribution is 0.116. The fourth-order valence-electron chi connectivity index (χ4n) is 3.77. The number of anilines is 2. The maximum Gasteiger partial charge on any atom is 0.267 e. The van der Waals surface area contributed by atoms with Gasteiger partial charge in [-0.05, 0) is 43.2 Å². The summed E-state index contributed by atoms with van der Waals surface area (Å²) in [5.74, 6) is 0.895. The Hall–Kier alpha value is -2.42. The zero-order valence-corrected chi connectivity index (χ0v) is 17.1. The molecular formula is C20H19ClN4O3S. The van der Waals surface area contributed by atoms with E-state index in [1.165, 1.54) is 16.4 Å². The van der Waals surface area contributed by atoms with Crippen LogP contribution in [0.15, 0.2) is 53.4 Å². The molecule has 1 aromatic heterocycles. The molecule has 150 valence electrons. The number of aromatic nitrogens is 2. The summed E-state index contributed by atoms with van der Waals surface area (Å²) in [6.45, 7) is 1.45. The van der Waals surface area contributed by atoms with Crippen LogP contribution in [0.1, 0.15) is 12.8 Å². The molecule has 0 saturated carbocycles. The van der Waals surface area contributed by atoms with Crippen molar-refractivity contribution in [2.24, 2.45) is 0 Å². The van der Waals surface area contributed by atoms with Gasteiger partial charge in [0.15, 0.2) is 11.6 Å². The Morgan fingerprint density at radius 2 is 1.83 bits per heavy atom. The van der Waals surface area contributed by atoms with Crippen LogP contribution < -0.4 is 9.21 Å². The first-order valence-electron chi connectivity index (χ1n) is 9.44. The highest BCUT2D eigenvalue weighted by molar-refractivity contribution is 7.92. The lowest BCUT2D eigenvalue weighted by atomic mass is 10.2. The molecule has 29 heavy (non-hydrogen) atoms. The number of rotatable bonds is 4. The molecule has 5 rings (SSSR count). The van der Waals surface area contributed by atoms with Gasteiger partial charge >= 0.3 is 0 Å². The molecule has 2 aliphatic heterocycles. The van der Waals surface area contributed by atoms with Gasteiger partial charge < -0.3 is 9.64 Å². The van der Waals surface area contributed by atoms with Gasteiger partial charge in [-0.2, -0.15) is 0 Å². The summed E-state index contributed by atoms with van der Waals surface area (Å²) in [5.41, 5.74) is 1.38. The van der Waals surface area contributed by atoms with Crippen LogP contribution in [-0.2, 0) is 14.8 Å². The van der Waals surface area contributed by atoms with E-state index in [4.69, 9.17) is 21.3 Å². The predicted molar refractivity (Wildman–Crippen MR) is 112 cm³/mol. The van der Waals surface area contributed by atoms with E-state index in [9.17, 15) is 8.42 Å². The van der Waals surface area contributed by atoms with Gasteiger partial charge in [-0.15, -0.1) is 0 Å². The van der Waals surface area contributed by atoms with E-state index < -0.39 is 10.0 Å². The van der Waals surface area contributed by atoms with Gasteiger partial charge in [-0.1, -0.05) is 29.8 Å². The zero-order chi connectivity index (χ0) is 20.0. The van der Waals surface area contributed by atoms with E-state index in [1.54, 1.807) is 12.1 Å². The van der Waals surface area contributed by atoms with Crippen molar-refractivity contribution in [1.82, 2.24) is 9.97 Å². The Morgan fingerprint density at radius 1 is 1.07 bits per heavy atom. The van der Waals surface area contributed by atoms with Crippen LogP contribution >= 0.6 is 11.6 Å². The second-order valence-electron chi connectivity index (χ2n) is 7.17. The average Bonchev–Trinajstić information content (AvgIpc) is 3.35. The minimum absolute atomic E-state index is 0.0601. The summed E-state index contributed by atoms with van der Waals surface area (Å²) in [6, 6.07) is 13.7. The summed E-state index contributed by atoms with van der Waals surface area (Å²) in [6.07, 6.45) is 2.03. The van der Waals surface area contributed by atoms with Crippen LogP contribution in [0.3, 0.4) is 0 Å². The SMILES string of the molecule is O=S(=O)(c1cccc(Cl)c1)N1CN(C[C@@H]2CCCO2)c2nc3ccccc3nc21. The van der Waals surface area contributed by atoms with Crippen LogP contribution in [0.25, 0.3) is 11.0 Å². The van der Waals surface area contributed by atoms with Crippen molar-refractivity contribution in [3.63, 3.8) is 0 Å². The van der Waals surface area contributed by atoms with Crippen molar-refractivity contribution in [1.29, 1.82) is 0 Å². The van der Waals surface area contributed by atoms with Gasteiger partial charge in [0, 0.05) is 18.2 Å². The lowest BCUT2D eigenvalue weighted by Crippen LogP contribution is -2.39. The Morgan fingerprint density at radius 3 is 2.52 bits per heavy atom. The highest BCUT2D eigenvalue weighted by Gasteiger charge is 2.39. The average molecular weight is 431 g/mol. The number of fused-ring (bicyclic) bond motifs is 2. The van der Waals surface area contributed by atoms with Gasteiger partial charge in [0.1, 0.15) is 6.67 Å². The highest BCUT2D eigenvalue weighted by Crippen LogP contribution is 2.38. The molecule has 3 aromatic rings. The third-order valence-electron chi connectivity index (χ3n) is 5.20. The molecule has 1 fully saturated rings. The van der Waals surface area contributed by atoms with Crippen LogP contribution in [0.2, 0.25) is 5.02 Å². The first kappa shape index (κ1) is 18.6. The number of benzene rings is 2. The third kappa shape index (κ3) is 3.31. The molecule has 1 atom stereocenters. The topological polar surface area (TPSA) is 75.6 Å². The monoisotopic (exact) mass is 430 g/mol. The van der Waals surface area contributed by atoms with Crippen LogP contribution in [0, 0.1) is 0 Å². The Labute approximate surface area is 173 Å². The molecule has 0 N–H and O–H groups in total. The lowest BCUT2D eigenvalue weighted by Gasteiger charge is -2.23. The van der Waals surface area contributed by atoms with Gasteiger partial charge in [-0.25, -0.2) is 22.7 Å². The molecule has 0 aliphatic carbocycles. The number of para-hydroxylation sites is 2. The fourth-order valence-corrected chi connectivity index (χ4v) is 5.45. The molecule has 0 amide bonds. The molecule has 0 unspecified atom stereocenters. The maximum atomic E-state index is 13.4. The predicted octanol–water partition coefficient (Wildman–Crippen LogP) is 3.44. The van der Waals surface area contributed by atoms with Crippen molar-refractivity contribution < 1.29 is 13.2 Å². The van der Waals surface area contributed by atoms with Gasteiger partial charge in [-0.3, -0.25) is 0 Å². The van der Waals surface area contributed by atoms with Crippen molar-refractivity contribution >= 4 is 44.3 Å². The zero-order valence-electron chi connectivity index (χ0n) is 15.5. The first-order chi connectivity index (χ1) is 14.0. The minimum Gasteiger partial charge on any atom is -0.376 e. The normalized spacial score (nSPS) is 19.1. The second kappa shape index (κ2) is 7.12. The van der Waals surface area contributed by atoms with Crippen molar-refractivity contribution in [3.05, 3.63) is 53.6 Å². The quantitative estimate of drug-likeness (QED) is 0.631. The smallest absolute Gasteiger partial charge is 0.267 e. The van der Waals surface area contributed by atoms with Crippen LogP contribution in [0.5, 0.6) is 0 Å². The number of hydrogen-bond acceptors (Lipinski definition) is 6. The molecule has 2 aromatic carbocycles. The second-order valence-corrected chi connectivity index (χ2v) is 9.47. The Bertz CT molecular complexity index is 1180. The third-order valence-corrected chi connectivity index (χ3v) is 7.15. The van der Waals surface area contributed by atoms with Crippen molar-refractivity contribution in [2.45, 2.75) is 23.8 Å². The Kier molecular flexibility index (Phi) is 4.57. The summed E-state index contributed by atoms with van der Waals surface area (Å²) in [5, 5.41) is 0.367. The summed E-state index contributed by atoms with van der Waals surface area (Å²) < 4.78 is 33.9. The molecule has 7 nitrogen and oxygen atoms in total. The van der Waals surface area contributed by atoms with Crippen molar-refractivity contribution in [3.8, 4) is 0 Å². The Balaban J connectivity index is 1.61. The largest absolute Gasteiger partial charge is 0.376 e. The van der Waals surface area contributed by atoms with Crippen molar-refractivity contribution in [2.75, 3.05) is 29.0 Å². The molecule has 0 bridgehead atoms. The van der Waals surface area contributed by atoms with E-state index in [0.717, 1.165) is 25.0 Å². The number of hydrogen-bond donors (Lipinski definition) is 0. The molecule has 9 heteroatoms. The molecule has 0 spiro atoms. The first-order valence-corrected chi connectivity index (χ1v) is 11.3. The van der Waals surface area contributed by atoms with Crippen LogP contribution in [0.4, 0.5) is 11.6 Å². The van der Waals surface area contributed by atoms with E-state index in [1.807, 2.05) is 29.2 Å². The van der Waals surface area contributed by atoms with E-state index in [0.29, 0.717) is 28.7 Å². The minimum atomic E-state index is -3.85. The summed E-state index contributed by atoms with van der Waals surface area (Å²) in [7, 11) is -3.85. The van der Waals surface area contributed by atoms with Gasteiger partial charge in [0.2, 0.25) is 0 Å². The number of ether oxygens (including phenoxy) is 1.